The quantitative estimate of drug-likeness (QED) is 0.838. The fraction of sp³-hybridized carbons (Fsp3) is 0.583. The first-order chi connectivity index (χ1) is 7.75. The van der Waals surface area contributed by atoms with E-state index in [1.807, 2.05) is 6.20 Å². The number of nitrogens with one attached hydrogen (secondary N) is 2. The molecule has 1 saturated heterocycles. The third kappa shape index (κ3) is 3.19. The largest absolute Gasteiger partial charge is 0.382 e. The number of piperidine rings is 1. The van der Waals surface area contributed by atoms with Crippen LogP contribution in [0.5, 0.6) is 0 Å². The van der Waals surface area contributed by atoms with Crippen LogP contribution in [-0.2, 0) is 0 Å². The van der Waals surface area contributed by atoms with Crippen LogP contribution in [0, 0.1) is 6.92 Å². The highest BCUT2D eigenvalue weighted by atomic mass is 79.9. The summed E-state index contributed by atoms with van der Waals surface area (Å²) in [6.07, 6.45) is 5.81. The Hall–Kier alpha value is -0.610. The molecule has 88 valence electrons. The van der Waals surface area contributed by atoms with Gasteiger partial charge in [0.15, 0.2) is 0 Å². The minimum absolute atomic E-state index is 0.609. The van der Waals surface area contributed by atoms with E-state index in [0.717, 1.165) is 23.4 Å². The predicted molar refractivity (Wildman–Crippen MR) is 70.8 cm³/mol. The van der Waals surface area contributed by atoms with Gasteiger partial charge in [0, 0.05) is 12.6 Å². The van der Waals surface area contributed by atoms with Crippen molar-refractivity contribution in [1.82, 2.24) is 10.3 Å². The Morgan fingerprint density at radius 1 is 1.56 bits per heavy atom. The van der Waals surface area contributed by atoms with Crippen molar-refractivity contribution in [3.05, 3.63) is 22.4 Å². The maximum Gasteiger partial charge on any atom is 0.109 e. The summed E-state index contributed by atoms with van der Waals surface area (Å²) in [6, 6.07) is 2.73. The van der Waals surface area contributed by atoms with Crippen molar-refractivity contribution >= 4 is 21.6 Å². The lowest BCUT2D eigenvalue weighted by molar-refractivity contribution is 0.414. The molecule has 0 aliphatic carbocycles. The smallest absolute Gasteiger partial charge is 0.109 e. The van der Waals surface area contributed by atoms with Crippen molar-refractivity contribution in [2.75, 3.05) is 18.4 Å². The van der Waals surface area contributed by atoms with E-state index in [-0.39, 0.29) is 0 Å². The molecule has 0 saturated carbocycles. The lowest BCUT2D eigenvalue weighted by Gasteiger charge is -2.24. The van der Waals surface area contributed by atoms with Gasteiger partial charge in [-0.2, -0.15) is 0 Å². The Kier molecular flexibility index (Phi) is 4.18. The normalized spacial score (nSPS) is 20.8. The lowest BCUT2D eigenvalue weighted by atomic mass is 10.1. The number of hydrogen-bond donors (Lipinski definition) is 2. The zero-order chi connectivity index (χ0) is 11.4. The minimum Gasteiger partial charge on any atom is -0.382 e. The molecule has 0 amide bonds. The van der Waals surface area contributed by atoms with Crippen molar-refractivity contribution in [2.24, 2.45) is 0 Å². The standard InChI is InChI=1S/C12H18BrN3/c1-9-6-11(8-16-12(9)13)15-7-10-4-2-3-5-14-10/h6,8,10,14-15H,2-5,7H2,1H3. The predicted octanol–water partition coefficient (Wildman–Crippen LogP) is 2.71. The SMILES string of the molecule is Cc1cc(NCC2CCCCN2)cnc1Br. The Balaban J connectivity index is 1.86. The number of hydrogen-bond acceptors (Lipinski definition) is 3. The van der Waals surface area contributed by atoms with Gasteiger partial charge >= 0.3 is 0 Å². The minimum atomic E-state index is 0.609. The first kappa shape index (κ1) is 11.9. The molecular formula is C12H18BrN3. The van der Waals surface area contributed by atoms with Crippen molar-refractivity contribution in [2.45, 2.75) is 32.2 Å². The number of nitrogens with zero attached hydrogens (tertiary/aromatic N) is 1. The molecule has 1 aliphatic rings. The van der Waals surface area contributed by atoms with Gasteiger partial charge in [-0.25, -0.2) is 4.98 Å². The summed E-state index contributed by atoms with van der Waals surface area (Å²) in [6.45, 7) is 4.20. The molecule has 4 heteroatoms. The second kappa shape index (κ2) is 5.64. The van der Waals surface area contributed by atoms with Gasteiger partial charge in [-0.15, -0.1) is 0 Å². The number of aromatic nitrogens is 1. The van der Waals surface area contributed by atoms with Crippen molar-refractivity contribution in [1.29, 1.82) is 0 Å². The average molecular weight is 284 g/mol. The fourth-order valence-electron chi connectivity index (χ4n) is 1.99. The Morgan fingerprint density at radius 2 is 2.44 bits per heavy atom. The van der Waals surface area contributed by atoms with E-state index >= 15 is 0 Å². The zero-order valence-corrected chi connectivity index (χ0v) is 11.2. The second-order valence-corrected chi connectivity index (χ2v) is 5.11. The van der Waals surface area contributed by atoms with Crippen LogP contribution in [0.2, 0.25) is 0 Å². The van der Waals surface area contributed by atoms with E-state index in [1.165, 1.54) is 24.8 Å². The molecule has 0 radical (unpaired) electrons. The van der Waals surface area contributed by atoms with Gasteiger partial charge in [-0.1, -0.05) is 6.42 Å². The molecule has 1 aromatic rings. The highest BCUT2D eigenvalue weighted by Gasteiger charge is 2.11. The first-order valence-electron chi connectivity index (χ1n) is 5.85. The number of aryl methyl sites for hydroxylation is 1. The summed E-state index contributed by atoms with van der Waals surface area (Å²) in [4.78, 5) is 4.28. The van der Waals surface area contributed by atoms with Crippen LogP contribution in [0.25, 0.3) is 0 Å². The molecule has 1 atom stereocenters. The summed E-state index contributed by atoms with van der Waals surface area (Å²) < 4.78 is 0.925. The molecule has 2 N–H and O–H groups in total. The van der Waals surface area contributed by atoms with E-state index in [1.54, 1.807) is 0 Å². The summed E-state index contributed by atoms with van der Waals surface area (Å²) in [5, 5.41) is 6.96. The molecule has 0 spiro atoms. The third-order valence-electron chi connectivity index (χ3n) is 2.98. The van der Waals surface area contributed by atoms with Crippen molar-refractivity contribution in [3.63, 3.8) is 0 Å². The zero-order valence-electron chi connectivity index (χ0n) is 9.59. The van der Waals surface area contributed by atoms with E-state index in [4.69, 9.17) is 0 Å². The fourth-order valence-corrected chi connectivity index (χ4v) is 2.21. The summed E-state index contributed by atoms with van der Waals surface area (Å²) in [5.41, 5.74) is 2.27. The highest BCUT2D eigenvalue weighted by Crippen LogP contribution is 2.17. The van der Waals surface area contributed by atoms with Crippen LogP contribution < -0.4 is 10.6 Å². The van der Waals surface area contributed by atoms with Crippen LogP contribution in [0.15, 0.2) is 16.9 Å². The van der Waals surface area contributed by atoms with Crippen LogP contribution >= 0.6 is 15.9 Å². The van der Waals surface area contributed by atoms with E-state index in [0.29, 0.717) is 6.04 Å². The van der Waals surface area contributed by atoms with E-state index in [9.17, 15) is 0 Å². The first-order valence-corrected chi connectivity index (χ1v) is 6.64. The Morgan fingerprint density at radius 3 is 3.12 bits per heavy atom. The van der Waals surface area contributed by atoms with Crippen LogP contribution in [0.1, 0.15) is 24.8 Å². The number of halogens is 1. The van der Waals surface area contributed by atoms with E-state index in [2.05, 4.69) is 44.5 Å². The van der Waals surface area contributed by atoms with Gasteiger partial charge in [0.2, 0.25) is 0 Å². The maximum atomic E-state index is 4.28. The highest BCUT2D eigenvalue weighted by molar-refractivity contribution is 9.10. The molecule has 0 aromatic carbocycles. The molecule has 1 aromatic heterocycles. The van der Waals surface area contributed by atoms with Gasteiger partial charge in [-0.3, -0.25) is 0 Å². The van der Waals surface area contributed by atoms with Gasteiger partial charge in [0.1, 0.15) is 4.60 Å². The number of rotatable bonds is 3. The van der Waals surface area contributed by atoms with E-state index < -0.39 is 0 Å². The summed E-state index contributed by atoms with van der Waals surface area (Å²) in [7, 11) is 0. The average Bonchev–Trinajstić information content (AvgIpc) is 2.32. The third-order valence-corrected chi connectivity index (χ3v) is 3.81. The molecular weight excluding hydrogens is 266 g/mol. The summed E-state index contributed by atoms with van der Waals surface area (Å²) >= 11 is 3.41. The second-order valence-electron chi connectivity index (χ2n) is 4.36. The molecule has 1 fully saturated rings. The molecule has 3 nitrogen and oxygen atoms in total. The molecule has 16 heavy (non-hydrogen) atoms. The molecule has 1 aliphatic heterocycles. The topological polar surface area (TPSA) is 37.0 Å². The van der Waals surface area contributed by atoms with Crippen LogP contribution in [0.3, 0.4) is 0 Å². The monoisotopic (exact) mass is 283 g/mol. The van der Waals surface area contributed by atoms with Crippen LogP contribution in [0.4, 0.5) is 5.69 Å². The lowest BCUT2D eigenvalue weighted by Crippen LogP contribution is -2.39. The van der Waals surface area contributed by atoms with Gasteiger partial charge in [0.25, 0.3) is 0 Å². The molecule has 0 bridgehead atoms. The Bertz CT molecular complexity index is 348. The molecule has 2 heterocycles. The van der Waals surface area contributed by atoms with Crippen LogP contribution in [-0.4, -0.2) is 24.1 Å². The van der Waals surface area contributed by atoms with Gasteiger partial charge in [-0.05, 0) is 53.9 Å². The number of anilines is 1. The van der Waals surface area contributed by atoms with Gasteiger partial charge in [0.05, 0.1) is 11.9 Å². The molecule has 2 rings (SSSR count). The number of pyridine rings is 1. The molecule has 1 unspecified atom stereocenters. The Labute approximate surface area is 105 Å². The maximum absolute atomic E-state index is 4.28. The summed E-state index contributed by atoms with van der Waals surface area (Å²) in [5.74, 6) is 0. The van der Waals surface area contributed by atoms with Gasteiger partial charge < -0.3 is 10.6 Å². The van der Waals surface area contributed by atoms with Crippen molar-refractivity contribution < 1.29 is 0 Å². The van der Waals surface area contributed by atoms with Crippen molar-refractivity contribution in [3.8, 4) is 0 Å².